The Balaban J connectivity index is 2.24. The molecule has 0 radical (unpaired) electrons. The minimum atomic E-state index is -0.637. The Kier molecular flexibility index (Phi) is 7.64. The third kappa shape index (κ3) is 5.74. The van der Waals surface area contributed by atoms with Crippen LogP contribution in [0.1, 0.15) is 53.0 Å². The lowest BCUT2D eigenvalue weighted by Crippen LogP contribution is -2.10. The SMILES string of the molecule is CCOC(=O)CCCn1cc(C(=O)OCC)c(C(=O)c2ccc([N+](=O)[O-])cc2)c1. The van der Waals surface area contributed by atoms with Gasteiger partial charge >= 0.3 is 11.9 Å². The van der Waals surface area contributed by atoms with Crippen LogP contribution in [0.3, 0.4) is 0 Å². The van der Waals surface area contributed by atoms with Crippen molar-refractivity contribution in [2.75, 3.05) is 13.2 Å². The summed E-state index contributed by atoms with van der Waals surface area (Å²) in [6.45, 7) is 4.25. The molecule has 0 N–H and O–H groups in total. The molecular formula is C20H22N2O7. The molecular weight excluding hydrogens is 380 g/mol. The molecule has 1 aromatic heterocycles. The molecule has 0 aliphatic carbocycles. The van der Waals surface area contributed by atoms with Crippen molar-refractivity contribution >= 4 is 23.4 Å². The number of hydrogen-bond donors (Lipinski definition) is 0. The molecule has 0 aliphatic rings. The van der Waals surface area contributed by atoms with E-state index in [9.17, 15) is 24.5 Å². The molecule has 2 rings (SSSR count). The van der Waals surface area contributed by atoms with Crippen LogP contribution >= 0.6 is 0 Å². The van der Waals surface area contributed by atoms with Crippen molar-refractivity contribution in [2.24, 2.45) is 0 Å². The monoisotopic (exact) mass is 402 g/mol. The number of ether oxygens (including phenoxy) is 2. The second-order valence-electron chi connectivity index (χ2n) is 6.09. The highest BCUT2D eigenvalue weighted by Gasteiger charge is 2.22. The van der Waals surface area contributed by atoms with Crippen LogP contribution in [-0.4, -0.2) is 40.4 Å². The summed E-state index contributed by atoms with van der Waals surface area (Å²) in [4.78, 5) is 46.8. The van der Waals surface area contributed by atoms with Gasteiger partial charge in [0.05, 0.1) is 29.3 Å². The van der Waals surface area contributed by atoms with Gasteiger partial charge in [-0.1, -0.05) is 0 Å². The molecule has 9 heteroatoms. The standard InChI is InChI=1S/C20H22N2O7/c1-3-28-18(23)6-5-11-21-12-16(17(13-21)20(25)29-4-2)19(24)14-7-9-15(10-8-14)22(26)27/h7-10,12-13H,3-6,11H2,1-2H3. The summed E-state index contributed by atoms with van der Waals surface area (Å²) in [5.41, 5.74) is 0.314. The first-order valence-electron chi connectivity index (χ1n) is 9.19. The summed E-state index contributed by atoms with van der Waals surface area (Å²) >= 11 is 0. The van der Waals surface area contributed by atoms with Crippen LogP contribution in [0.25, 0.3) is 0 Å². The zero-order valence-electron chi connectivity index (χ0n) is 16.3. The highest BCUT2D eigenvalue weighted by molar-refractivity contribution is 6.14. The van der Waals surface area contributed by atoms with Gasteiger partial charge in [-0.25, -0.2) is 4.79 Å². The molecule has 0 unspecified atom stereocenters. The summed E-state index contributed by atoms with van der Waals surface area (Å²) in [5, 5.41) is 10.8. The minimum Gasteiger partial charge on any atom is -0.466 e. The third-order valence-electron chi connectivity index (χ3n) is 4.06. The molecule has 0 bridgehead atoms. The lowest BCUT2D eigenvalue weighted by Gasteiger charge is -2.03. The Morgan fingerprint density at radius 1 is 1.00 bits per heavy atom. The minimum absolute atomic E-state index is 0.103. The summed E-state index contributed by atoms with van der Waals surface area (Å²) in [6, 6.07) is 5.14. The van der Waals surface area contributed by atoms with Crippen LogP contribution in [-0.2, 0) is 20.8 Å². The summed E-state index contributed by atoms with van der Waals surface area (Å²) in [5.74, 6) is -1.40. The Bertz CT molecular complexity index is 900. The number of esters is 2. The second-order valence-corrected chi connectivity index (χ2v) is 6.09. The molecule has 29 heavy (non-hydrogen) atoms. The fraction of sp³-hybridized carbons (Fsp3) is 0.350. The number of non-ortho nitro benzene ring substituents is 1. The van der Waals surface area contributed by atoms with Crippen LogP contribution in [0.15, 0.2) is 36.7 Å². The highest BCUT2D eigenvalue weighted by atomic mass is 16.6. The lowest BCUT2D eigenvalue weighted by atomic mass is 10.0. The number of carbonyl (C=O) groups excluding carboxylic acids is 3. The van der Waals surface area contributed by atoms with Crippen LogP contribution < -0.4 is 0 Å². The molecule has 1 aromatic carbocycles. The predicted octanol–water partition coefficient (Wildman–Crippen LogP) is 3.15. The van der Waals surface area contributed by atoms with Gasteiger partial charge in [-0.15, -0.1) is 0 Å². The summed E-state index contributed by atoms with van der Waals surface area (Å²) < 4.78 is 11.5. The number of nitro groups is 1. The van der Waals surface area contributed by atoms with E-state index in [1.54, 1.807) is 18.4 Å². The van der Waals surface area contributed by atoms with Crippen LogP contribution in [0, 0.1) is 10.1 Å². The Hall–Kier alpha value is -3.49. The van der Waals surface area contributed by atoms with E-state index in [1.165, 1.54) is 36.7 Å². The number of hydrogen-bond acceptors (Lipinski definition) is 7. The van der Waals surface area contributed by atoms with E-state index in [0.29, 0.717) is 19.6 Å². The Morgan fingerprint density at radius 2 is 1.62 bits per heavy atom. The number of carbonyl (C=O) groups is 3. The predicted molar refractivity (Wildman–Crippen MR) is 103 cm³/mol. The molecule has 0 spiro atoms. The van der Waals surface area contributed by atoms with Crippen LogP contribution in [0.5, 0.6) is 0 Å². The van der Waals surface area contributed by atoms with E-state index in [0.717, 1.165) is 0 Å². The van der Waals surface area contributed by atoms with Crippen molar-refractivity contribution in [3.63, 3.8) is 0 Å². The van der Waals surface area contributed by atoms with E-state index in [1.807, 2.05) is 0 Å². The molecule has 1 heterocycles. The fourth-order valence-corrected chi connectivity index (χ4v) is 2.72. The van der Waals surface area contributed by atoms with Gasteiger partial charge in [0.2, 0.25) is 0 Å². The van der Waals surface area contributed by atoms with E-state index in [2.05, 4.69) is 0 Å². The van der Waals surface area contributed by atoms with E-state index in [-0.39, 0.29) is 41.4 Å². The molecule has 0 atom stereocenters. The third-order valence-corrected chi connectivity index (χ3v) is 4.06. The maximum Gasteiger partial charge on any atom is 0.340 e. The number of nitro benzene ring substituents is 1. The number of aryl methyl sites for hydroxylation is 1. The molecule has 2 aromatic rings. The van der Waals surface area contributed by atoms with Gasteiger partial charge in [-0.3, -0.25) is 19.7 Å². The largest absolute Gasteiger partial charge is 0.466 e. The number of nitrogens with zero attached hydrogens (tertiary/aromatic N) is 2. The highest BCUT2D eigenvalue weighted by Crippen LogP contribution is 2.20. The number of ketones is 1. The van der Waals surface area contributed by atoms with Gasteiger partial charge in [0.25, 0.3) is 5.69 Å². The maximum atomic E-state index is 12.9. The molecule has 0 aliphatic heterocycles. The van der Waals surface area contributed by atoms with Gasteiger partial charge in [0.1, 0.15) is 0 Å². The molecule has 0 amide bonds. The first-order valence-corrected chi connectivity index (χ1v) is 9.19. The van der Waals surface area contributed by atoms with Crippen LogP contribution in [0.4, 0.5) is 5.69 Å². The topological polar surface area (TPSA) is 118 Å². The van der Waals surface area contributed by atoms with Gasteiger partial charge in [-0.2, -0.15) is 0 Å². The summed E-state index contributed by atoms with van der Waals surface area (Å²) in [7, 11) is 0. The Morgan fingerprint density at radius 3 is 2.21 bits per heavy atom. The van der Waals surface area contributed by atoms with Crippen molar-refractivity contribution in [3.8, 4) is 0 Å². The van der Waals surface area contributed by atoms with Gasteiger partial charge in [0, 0.05) is 43.1 Å². The second kappa shape index (κ2) is 10.2. The average molecular weight is 402 g/mol. The molecule has 9 nitrogen and oxygen atoms in total. The molecule has 0 saturated carbocycles. The zero-order chi connectivity index (χ0) is 21.4. The van der Waals surface area contributed by atoms with Gasteiger partial charge < -0.3 is 14.0 Å². The molecule has 154 valence electrons. The first-order chi connectivity index (χ1) is 13.9. The van der Waals surface area contributed by atoms with E-state index < -0.39 is 16.7 Å². The quantitative estimate of drug-likeness (QED) is 0.259. The van der Waals surface area contributed by atoms with Crippen molar-refractivity contribution in [2.45, 2.75) is 33.2 Å². The maximum absolute atomic E-state index is 12.9. The van der Waals surface area contributed by atoms with Crippen molar-refractivity contribution < 1.29 is 28.8 Å². The average Bonchev–Trinajstić information content (AvgIpc) is 3.12. The smallest absolute Gasteiger partial charge is 0.340 e. The van der Waals surface area contributed by atoms with Gasteiger partial charge in [0.15, 0.2) is 5.78 Å². The fourth-order valence-electron chi connectivity index (χ4n) is 2.72. The summed E-state index contributed by atoms with van der Waals surface area (Å²) in [6.07, 6.45) is 3.70. The van der Waals surface area contributed by atoms with Crippen LogP contribution in [0.2, 0.25) is 0 Å². The molecule has 0 saturated heterocycles. The number of rotatable bonds is 10. The van der Waals surface area contributed by atoms with Crippen molar-refractivity contribution in [3.05, 3.63) is 63.5 Å². The van der Waals surface area contributed by atoms with Crippen molar-refractivity contribution in [1.29, 1.82) is 0 Å². The zero-order valence-corrected chi connectivity index (χ0v) is 16.3. The normalized spacial score (nSPS) is 10.4. The van der Waals surface area contributed by atoms with Gasteiger partial charge in [-0.05, 0) is 32.4 Å². The Labute approximate surface area is 167 Å². The number of benzene rings is 1. The van der Waals surface area contributed by atoms with Crippen molar-refractivity contribution in [1.82, 2.24) is 4.57 Å². The number of aromatic nitrogens is 1. The van der Waals surface area contributed by atoms with E-state index >= 15 is 0 Å². The lowest BCUT2D eigenvalue weighted by molar-refractivity contribution is -0.384. The van der Waals surface area contributed by atoms with E-state index in [4.69, 9.17) is 9.47 Å². The first kappa shape index (κ1) is 21.8. The molecule has 0 fully saturated rings.